The Morgan fingerprint density at radius 2 is 2.25 bits per heavy atom. The average Bonchev–Trinajstić information content (AvgIpc) is 2.68. The Hall–Kier alpha value is -1.44. The summed E-state index contributed by atoms with van der Waals surface area (Å²) < 4.78 is 0. The number of hydrogen-bond donors (Lipinski definition) is 3. The first kappa shape index (κ1) is 11.1. The molecule has 16 heavy (non-hydrogen) atoms. The zero-order valence-electron chi connectivity index (χ0n) is 8.25. The van der Waals surface area contributed by atoms with Crippen LogP contribution in [0.5, 0.6) is 0 Å². The predicted molar refractivity (Wildman–Crippen MR) is 55.6 cm³/mol. The second-order valence-corrected chi connectivity index (χ2v) is 4.90. The maximum atomic E-state index is 11.8. The number of carbonyl (C=O) groups is 3. The van der Waals surface area contributed by atoms with E-state index in [4.69, 9.17) is 10.8 Å². The lowest BCUT2D eigenvalue weighted by molar-refractivity contribution is -0.136. The van der Waals surface area contributed by atoms with E-state index < -0.39 is 24.1 Å². The van der Waals surface area contributed by atoms with Gasteiger partial charge in [-0.25, -0.2) is 4.79 Å². The number of nitrogens with zero attached hydrogens (tertiary/aromatic N) is 1. The number of rotatable bonds is 2. The Kier molecular flexibility index (Phi) is 2.66. The van der Waals surface area contributed by atoms with Gasteiger partial charge in [0.05, 0.1) is 5.37 Å². The molecule has 0 bridgehead atoms. The summed E-state index contributed by atoms with van der Waals surface area (Å²) in [5.74, 6) is -0.411. The Morgan fingerprint density at radius 1 is 1.56 bits per heavy atom. The van der Waals surface area contributed by atoms with E-state index in [1.165, 1.54) is 16.7 Å². The van der Waals surface area contributed by atoms with Crippen molar-refractivity contribution >= 4 is 29.7 Å². The van der Waals surface area contributed by atoms with Crippen LogP contribution < -0.4 is 11.1 Å². The number of nitrogens with two attached hydrogens (primary N) is 1. The summed E-state index contributed by atoms with van der Waals surface area (Å²) in [6, 6.07) is -1.36. The van der Waals surface area contributed by atoms with Crippen LogP contribution in [-0.2, 0) is 9.59 Å². The Morgan fingerprint density at radius 3 is 2.81 bits per heavy atom. The van der Waals surface area contributed by atoms with Gasteiger partial charge < -0.3 is 21.1 Å². The van der Waals surface area contributed by atoms with E-state index in [0.717, 1.165) is 0 Å². The van der Waals surface area contributed by atoms with Crippen LogP contribution in [0.3, 0.4) is 0 Å². The van der Waals surface area contributed by atoms with Gasteiger partial charge in [0.25, 0.3) is 0 Å². The van der Waals surface area contributed by atoms with Gasteiger partial charge in [-0.1, -0.05) is 0 Å². The van der Waals surface area contributed by atoms with E-state index in [2.05, 4.69) is 5.32 Å². The van der Waals surface area contributed by atoms with E-state index >= 15 is 0 Å². The van der Waals surface area contributed by atoms with Crippen LogP contribution in [0.1, 0.15) is 6.42 Å². The third-order valence-electron chi connectivity index (χ3n) is 2.71. The monoisotopic (exact) mass is 245 g/mol. The highest BCUT2D eigenvalue weighted by Crippen LogP contribution is 2.37. The number of nitrogens with one attached hydrogen (secondary N) is 1. The van der Waals surface area contributed by atoms with Crippen LogP contribution in [0.2, 0.25) is 0 Å². The van der Waals surface area contributed by atoms with Crippen molar-refractivity contribution in [3.63, 3.8) is 0 Å². The fourth-order valence-corrected chi connectivity index (χ4v) is 3.48. The molecular weight excluding hydrogens is 234 g/mol. The number of amides is 3. The highest BCUT2D eigenvalue weighted by Gasteiger charge is 2.49. The smallest absolute Gasteiger partial charge is 0.405 e. The fourth-order valence-electron chi connectivity index (χ4n) is 2.01. The lowest BCUT2D eigenvalue weighted by Gasteiger charge is -2.20. The predicted octanol–water partition coefficient (Wildman–Crippen LogP) is -1.22. The summed E-state index contributed by atoms with van der Waals surface area (Å²) in [6.45, 7) is 0. The SMILES string of the molecule is NC(=O)C1CSC2CC(NC(=O)O)C(=O)N21. The van der Waals surface area contributed by atoms with Crippen molar-refractivity contribution in [1.29, 1.82) is 0 Å². The molecule has 2 aliphatic rings. The van der Waals surface area contributed by atoms with Crippen LogP contribution in [-0.4, -0.2) is 51.1 Å². The molecule has 0 aromatic carbocycles. The first-order chi connectivity index (χ1) is 7.50. The summed E-state index contributed by atoms with van der Waals surface area (Å²) in [7, 11) is 0. The molecule has 0 radical (unpaired) electrons. The standard InChI is InChI=1S/C8H11N3O4S/c9-6(12)4-2-16-5-1-3(10-8(14)15)7(13)11(4)5/h3-5,10H,1-2H2,(H2,9,12)(H,14,15). The molecule has 2 saturated heterocycles. The minimum absolute atomic E-state index is 0.137. The Balaban J connectivity index is 2.11. The van der Waals surface area contributed by atoms with Crippen molar-refractivity contribution < 1.29 is 19.5 Å². The van der Waals surface area contributed by atoms with Gasteiger partial charge in [-0.2, -0.15) is 0 Å². The molecule has 2 fully saturated rings. The molecule has 3 atom stereocenters. The van der Waals surface area contributed by atoms with E-state index in [0.29, 0.717) is 12.2 Å². The quantitative estimate of drug-likeness (QED) is 0.564. The fraction of sp³-hybridized carbons (Fsp3) is 0.625. The molecule has 7 nitrogen and oxygen atoms in total. The van der Waals surface area contributed by atoms with Crippen LogP contribution in [0.4, 0.5) is 4.79 Å². The van der Waals surface area contributed by atoms with Crippen LogP contribution in [0.15, 0.2) is 0 Å². The maximum absolute atomic E-state index is 11.8. The van der Waals surface area contributed by atoms with Crippen molar-refractivity contribution in [2.75, 3.05) is 5.75 Å². The second kappa shape index (κ2) is 3.85. The molecule has 0 aliphatic carbocycles. The van der Waals surface area contributed by atoms with Crippen molar-refractivity contribution in [3.8, 4) is 0 Å². The van der Waals surface area contributed by atoms with Crippen LogP contribution in [0, 0.1) is 0 Å². The third-order valence-corrected chi connectivity index (χ3v) is 4.02. The molecule has 0 aromatic heterocycles. The van der Waals surface area contributed by atoms with E-state index in [-0.39, 0.29) is 11.3 Å². The zero-order valence-corrected chi connectivity index (χ0v) is 9.07. The minimum Gasteiger partial charge on any atom is -0.465 e. The molecule has 88 valence electrons. The molecular formula is C8H11N3O4S. The maximum Gasteiger partial charge on any atom is 0.405 e. The molecule has 0 aromatic rings. The molecule has 3 amide bonds. The summed E-state index contributed by atoms with van der Waals surface area (Å²) >= 11 is 1.46. The molecule has 8 heteroatoms. The van der Waals surface area contributed by atoms with Gasteiger partial charge in [-0.3, -0.25) is 9.59 Å². The number of fused-ring (bicyclic) bond motifs is 1. The van der Waals surface area contributed by atoms with E-state index in [9.17, 15) is 14.4 Å². The average molecular weight is 245 g/mol. The van der Waals surface area contributed by atoms with E-state index in [1.54, 1.807) is 0 Å². The van der Waals surface area contributed by atoms with Crippen molar-refractivity contribution in [2.45, 2.75) is 23.9 Å². The zero-order chi connectivity index (χ0) is 11.9. The Labute approximate surface area is 95.3 Å². The van der Waals surface area contributed by atoms with Crippen molar-refractivity contribution in [3.05, 3.63) is 0 Å². The highest BCUT2D eigenvalue weighted by atomic mass is 32.2. The summed E-state index contributed by atoms with van der Waals surface area (Å²) in [5.41, 5.74) is 5.18. The molecule has 2 heterocycles. The third kappa shape index (κ3) is 1.69. The van der Waals surface area contributed by atoms with Gasteiger partial charge in [0.15, 0.2) is 0 Å². The molecule has 3 unspecified atom stereocenters. The second-order valence-electron chi connectivity index (χ2n) is 3.69. The first-order valence-corrected chi connectivity index (χ1v) is 5.78. The normalized spacial score (nSPS) is 32.6. The first-order valence-electron chi connectivity index (χ1n) is 4.73. The summed E-state index contributed by atoms with van der Waals surface area (Å²) in [6.07, 6.45) is -0.848. The number of carboxylic acid groups (broad SMARTS) is 1. The molecule has 2 aliphatic heterocycles. The molecule has 0 spiro atoms. The number of hydrogen-bond acceptors (Lipinski definition) is 4. The van der Waals surface area contributed by atoms with Gasteiger partial charge >= 0.3 is 6.09 Å². The highest BCUT2D eigenvalue weighted by molar-refractivity contribution is 8.00. The van der Waals surface area contributed by atoms with Gasteiger partial charge in [-0.15, -0.1) is 11.8 Å². The van der Waals surface area contributed by atoms with Crippen molar-refractivity contribution in [1.82, 2.24) is 10.2 Å². The summed E-state index contributed by atoms with van der Waals surface area (Å²) in [4.78, 5) is 34.8. The largest absolute Gasteiger partial charge is 0.465 e. The van der Waals surface area contributed by atoms with Gasteiger partial charge in [0.2, 0.25) is 11.8 Å². The number of primary amides is 1. The topological polar surface area (TPSA) is 113 Å². The summed E-state index contributed by atoms with van der Waals surface area (Å²) in [5, 5.41) is 10.6. The number of thioether (sulfide) groups is 1. The van der Waals surface area contributed by atoms with Crippen LogP contribution >= 0.6 is 11.8 Å². The van der Waals surface area contributed by atoms with Gasteiger partial charge in [0, 0.05) is 12.2 Å². The molecule has 2 rings (SSSR count). The molecule has 0 saturated carbocycles. The number of carbonyl (C=O) groups excluding carboxylic acids is 2. The lowest BCUT2D eigenvalue weighted by atomic mass is 10.2. The molecule has 4 N–H and O–H groups in total. The van der Waals surface area contributed by atoms with Gasteiger partial charge in [-0.05, 0) is 0 Å². The van der Waals surface area contributed by atoms with Gasteiger partial charge in [0.1, 0.15) is 12.1 Å². The van der Waals surface area contributed by atoms with Crippen LogP contribution in [0.25, 0.3) is 0 Å². The van der Waals surface area contributed by atoms with E-state index in [1.807, 2.05) is 0 Å². The Bertz CT molecular complexity index is 361. The van der Waals surface area contributed by atoms with Crippen molar-refractivity contribution in [2.24, 2.45) is 5.73 Å². The minimum atomic E-state index is -1.24. The lowest BCUT2D eigenvalue weighted by Crippen LogP contribution is -2.48.